The molecule has 0 unspecified atom stereocenters. The number of rotatable bonds is 4. The maximum absolute atomic E-state index is 13.2. The molecule has 0 atom stereocenters. The zero-order chi connectivity index (χ0) is 14.0. The minimum atomic E-state index is -0.404. The summed E-state index contributed by atoms with van der Waals surface area (Å²) < 4.78 is 17.0. The highest BCUT2D eigenvalue weighted by atomic mass is 35.5. The van der Waals surface area contributed by atoms with E-state index in [4.69, 9.17) is 11.6 Å². The molecule has 3 nitrogen and oxygen atoms in total. The van der Waals surface area contributed by atoms with E-state index in [-0.39, 0.29) is 18.1 Å². The fraction of sp³-hybridized carbons (Fsp3) is 0.308. The second-order valence-electron chi connectivity index (χ2n) is 4.48. The van der Waals surface area contributed by atoms with Gasteiger partial charge in [0.25, 0.3) is 0 Å². The molecule has 1 aromatic carbocycles. The largest absolute Gasteiger partial charge is 0.293 e. The average molecular weight is 299 g/mol. The normalized spacial score (nSPS) is 11.0. The van der Waals surface area contributed by atoms with Crippen molar-refractivity contribution in [2.45, 2.75) is 26.2 Å². The number of ketones is 1. The van der Waals surface area contributed by atoms with Crippen LogP contribution in [0.1, 0.15) is 40.7 Å². The third-order valence-electron chi connectivity index (χ3n) is 2.67. The van der Waals surface area contributed by atoms with Crippen molar-refractivity contribution in [3.8, 4) is 0 Å². The van der Waals surface area contributed by atoms with Crippen molar-refractivity contribution in [2.75, 3.05) is 0 Å². The van der Waals surface area contributed by atoms with Gasteiger partial charge in [-0.15, -0.1) is 5.10 Å². The zero-order valence-electron chi connectivity index (χ0n) is 10.5. The summed E-state index contributed by atoms with van der Waals surface area (Å²) in [5.74, 6) is -0.411. The minimum Gasteiger partial charge on any atom is -0.293 e. The van der Waals surface area contributed by atoms with Crippen LogP contribution in [0.5, 0.6) is 0 Å². The molecule has 1 heterocycles. The van der Waals surface area contributed by atoms with Crippen LogP contribution in [-0.4, -0.2) is 15.4 Å². The molecule has 19 heavy (non-hydrogen) atoms. The fourth-order valence-electron chi connectivity index (χ4n) is 1.70. The smallest absolute Gasteiger partial charge is 0.180 e. The summed E-state index contributed by atoms with van der Waals surface area (Å²) in [4.78, 5) is 12.7. The first-order chi connectivity index (χ1) is 8.99. The van der Waals surface area contributed by atoms with Crippen molar-refractivity contribution in [2.24, 2.45) is 0 Å². The number of benzene rings is 1. The Morgan fingerprint density at radius 1 is 1.47 bits per heavy atom. The summed E-state index contributed by atoms with van der Waals surface area (Å²) in [7, 11) is 0. The van der Waals surface area contributed by atoms with Crippen LogP contribution in [0.4, 0.5) is 4.39 Å². The van der Waals surface area contributed by atoms with Gasteiger partial charge in [-0.1, -0.05) is 29.9 Å². The van der Waals surface area contributed by atoms with E-state index in [9.17, 15) is 9.18 Å². The monoisotopic (exact) mass is 298 g/mol. The summed E-state index contributed by atoms with van der Waals surface area (Å²) in [5.41, 5.74) is 1.16. The Morgan fingerprint density at radius 3 is 2.89 bits per heavy atom. The van der Waals surface area contributed by atoms with Crippen molar-refractivity contribution in [1.82, 2.24) is 9.59 Å². The molecule has 0 saturated heterocycles. The van der Waals surface area contributed by atoms with E-state index >= 15 is 0 Å². The molecule has 0 fully saturated rings. The van der Waals surface area contributed by atoms with Gasteiger partial charge in [-0.2, -0.15) is 0 Å². The Labute approximate surface area is 119 Å². The van der Waals surface area contributed by atoms with E-state index in [1.54, 1.807) is 0 Å². The lowest BCUT2D eigenvalue weighted by molar-refractivity contribution is 0.0995. The highest BCUT2D eigenvalue weighted by molar-refractivity contribution is 7.08. The number of hydrogen-bond donors (Lipinski definition) is 0. The van der Waals surface area contributed by atoms with Crippen LogP contribution in [0.15, 0.2) is 18.2 Å². The van der Waals surface area contributed by atoms with Crippen molar-refractivity contribution < 1.29 is 9.18 Å². The molecular formula is C13H12ClFN2OS. The first-order valence-electron chi connectivity index (χ1n) is 5.78. The van der Waals surface area contributed by atoms with E-state index in [1.807, 2.05) is 13.8 Å². The Kier molecular flexibility index (Phi) is 4.27. The standard InChI is InChI=1S/C13H12ClFN2OS/c1-7(2)12-13(19-17-16-12)11(18)6-8-5-9(15)3-4-10(8)14/h3-5,7H,6H2,1-2H3. The van der Waals surface area contributed by atoms with Gasteiger partial charge in [-0.25, -0.2) is 4.39 Å². The predicted molar refractivity (Wildman–Crippen MR) is 73.4 cm³/mol. The van der Waals surface area contributed by atoms with Crippen molar-refractivity contribution in [3.63, 3.8) is 0 Å². The zero-order valence-corrected chi connectivity index (χ0v) is 12.1. The molecule has 2 rings (SSSR count). The van der Waals surface area contributed by atoms with Gasteiger partial charge in [-0.3, -0.25) is 4.79 Å². The Bertz CT molecular complexity index is 612. The van der Waals surface area contributed by atoms with Crippen LogP contribution < -0.4 is 0 Å². The number of Topliss-reactive ketones (excluding diaryl/α,β-unsaturated/α-hetero) is 1. The van der Waals surface area contributed by atoms with Gasteiger partial charge in [0.2, 0.25) is 0 Å². The maximum Gasteiger partial charge on any atom is 0.180 e. The molecule has 2 aromatic rings. The second kappa shape index (κ2) is 5.75. The minimum absolute atomic E-state index is 0.0557. The lowest BCUT2D eigenvalue weighted by atomic mass is 10.0. The SMILES string of the molecule is CC(C)c1nnsc1C(=O)Cc1cc(F)ccc1Cl. The van der Waals surface area contributed by atoms with E-state index in [2.05, 4.69) is 9.59 Å². The average Bonchev–Trinajstić information content (AvgIpc) is 2.83. The van der Waals surface area contributed by atoms with E-state index < -0.39 is 5.82 Å². The predicted octanol–water partition coefficient (Wildman–Crippen LogP) is 3.88. The van der Waals surface area contributed by atoms with Crippen LogP contribution in [0.25, 0.3) is 0 Å². The summed E-state index contributed by atoms with van der Waals surface area (Å²) in [6.45, 7) is 3.89. The Hall–Kier alpha value is -1.33. The topological polar surface area (TPSA) is 42.9 Å². The third-order valence-corrected chi connectivity index (χ3v) is 3.82. The van der Waals surface area contributed by atoms with Crippen LogP contribution in [0, 0.1) is 5.82 Å². The highest BCUT2D eigenvalue weighted by Crippen LogP contribution is 2.24. The number of carbonyl (C=O) groups excluding carboxylic acids is 1. The Balaban J connectivity index is 2.26. The molecule has 0 aliphatic heterocycles. The van der Waals surface area contributed by atoms with Gasteiger partial charge in [0.15, 0.2) is 5.78 Å². The number of nitrogens with zero attached hydrogens (tertiary/aromatic N) is 2. The Morgan fingerprint density at radius 2 is 2.21 bits per heavy atom. The molecule has 0 amide bonds. The maximum atomic E-state index is 13.2. The van der Waals surface area contributed by atoms with E-state index in [0.29, 0.717) is 21.2 Å². The molecule has 6 heteroatoms. The van der Waals surface area contributed by atoms with Gasteiger partial charge in [0.05, 0.1) is 5.69 Å². The van der Waals surface area contributed by atoms with Crippen LogP contribution in [0.3, 0.4) is 0 Å². The van der Waals surface area contributed by atoms with Crippen molar-refractivity contribution in [3.05, 3.63) is 45.2 Å². The molecule has 0 spiro atoms. The molecule has 0 aliphatic carbocycles. The second-order valence-corrected chi connectivity index (χ2v) is 5.64. The summed E-state index contributed by atoms with van der Waals surface area (Å²) in [6, 6.07) is 4.00. The van der Waals surface area contributed by atoms with Gasteiger partial charge in [0, 0.05) is 11.4 Å². The fourth-order valence-corrected chi connectivity index (χ4v) is 2.64. The van der Waals surface area contributed by atoms with Gasteiger partial charge < -0.3 is 0 Å². The number of carbonyl (C=O) groups is 1. The first-order valence-corrected chi connectivity index (χ1v) is 6.93. The molecular weight excluding hydrogens is 287 g/mol. The molecule has 0 N–H and O–H groups in total. The summed E-state index contributed by atoms with van der Waals surface area (Å²) in [6.07, 6.45) is 0.0557. The highest BCUT2D eigenvalue weighted by Gasteiger charge is 2.19. The van der Waals surface area contributed by atoms with E-state index in [1.165, 1.54) is 18.2 Å². The van der Waals surface area contributed by atoms with E-state index in [0.717, 1.165) is 11.5 Å². The number of aromatic nitrogens is 2. The van der Waals surface area contributed by atoms with Crippen LogP contribution in [0.2, 0.25) is 5.02 Å². The lowest BCUT2D eigenvalue weighted by Crippen LogP contribution is -2.06. The van der Waals surface area contributed by atoms with Gasteiger partial charge in [0.1, 0.15) is 10.7 Å². The number of hydrogen-bond acceptors (Lipinski definition) is 4. The third kappa shape index (κ3) is 3.16. The summed E-state index contributed by atoms with van der Waals surface area (Å²) in [5, 5.41) is 4.35. The molecule has 0 aliphatic rings. The quantitative estimate of drug-likeness (QED) is 0.805. The molecule has 0 saturated carbocycles. The molecule has 0 bridgehead atoms. The van der Waals surface area contributed by atoms with Gasteiger partial charge >= 0.3 is 0 Å². The van der Waals surface area contributed by atoms with Crippen LogP contribution in [-0.2, 0) is 6.42 Å². The van der Waals surface area contributed by atoms with Crippen molar-refractivity contribution >= 4 is 28.9 Å². The molecule has 0 radical (unpaired) electrons. The van der Waals surface area contributed by atoms with Crippen molar-refractivity contribution in [1.29, 1.82) is 0 Å². The molecule has 1 aromatic heterocycles. The van der Waals surface area contributed by atoms with Gasteiger partial charge in [-0.05, 0) is 41.2 Å². The molecule has 100 valence electrons. The van der Waals surface area contributed by atoms with Crippen LogP contribution >= 0.6 is 23.1 Å². The lowest BCUT2D eigenvalue weighted by Gasteiger charge is -2.05. The number of halogens is 2. The first kappa shape index (κ1) is 14.1. The summed E-state index contributed by atoms with van der Waals surface area (Å²) >= 11 is 7.03.